The molecule has 7 heteroatoms. The summed E-state index contributed by atoms with van der Waals surface area (Å²) in [6.45, 7) is 0.854. The summed E-state index contributed by atoms with van der Waals surface area (Å²) in [6, 6.07) is 4.53. The van der Waals surface area contributed by atoms with Crippen LogP contribution in [0.1, 0.15) is 5.56 Å². The minimum Gasteiger partial charge on any atom is -0.398 e. The zero-order valence-electron chi connectivity index (χ0n) is 10.7. The number of rotatable bonds is 3. The van der Waals surface area contributed by atoms with Crippen LogP contribution in [0.25, 0.3) is 0 Å². The number of benzene rings is 1. The second-order valence-corrected chi connectivity index (χ2v) is 7.99. The van der Waals surface area contributed by atoms with Gasteiger partial charge in [-0.2, -0.15) is 11.8 Å². The molecule has 1 aliphatic rings. The maximum absolute atomic E-state index is 13.8. The number of anilines is 1. The van der Waals surface area contributed by atoms with Gasteiger partial charge in [0.1, 0.15) is 11.2 Å². The highest BCUT2D eigenvalue weighted by molar-refractivity contribution is 8.00. The van der Waals surface area contributed by atoms with Gasteiger partial charge in [0.05, 0.1) is 0 Å². The van der Waals surface area contributed by atoms with Crippen LogP contribution < -0.4 is 5.73 Å². The molecule has 1 atom stereocenters. The van der Waals surface area contributed by atoms with E-state index in [1.807, 2.05) is 0 Å². The molecule has 0 saturated carbocycles. The summed E-state index contributed by atoms with van der Waals surface area (Å²) in [4.78, 5) is 1.79. The highest BCUT2D eigenvalue weighted by Gasteiger charge is 2.31. The van der Waals surface area contributed by atoms with Crippen molar-refractivity contribution in [2.45, 2.75) is 11.9 Å². The van der Waals surface area contributed by atoms with Crippen LogP contribution >= 0.6 is 11.8 Å². The molecule has 1 aromatic carbocycles. The molecule has 0 bridgehead atoms. The molecule has 0 radical (unpaired) electrons. The zero-order valence-corrected chi connectivity index (χ0v) is 12.3. The zero-order chi connectivity index (χ0) is 14.0. The SMILES string of the molecule is CS(=O)(=O)C1CSCCN1Cc1c(N)cccc1F. The van der Waals surface area contributed by atoms with Crippen LogP contribution in [0.2, 0.25) is 0 Å². The Hall–Kier alpha value is -0.790. The van der Waals surface area contributed by atoms with Crippen molar-refractivity contribution < 1.29 is 12.8 Å². The number of nitrogen functional groups attached to an aromatic ring is 1. The number of thioether (sulfide) groups is 1. The van der Waals surface area contributed by atoms with E-state index in [1.54, 1.807) is 28.8 Å². The topological polar surface area (TPSA) is 63.4 Å². The second-order valence-electron chi connectivity index (χ2n) is 4.64. The smallest absolute Gasteiger partial charge is 0.164 e. The van der Waals surface area contributed by atoms with Crippen molar-refractivity contribution in [2.24, 2.45) is 0 Å². The van der Waals surface area contributed by atoms with E-state index in [2.05, 4.69) is 0 Å². The van der Waals surface area contributed by atoms with Crippen molar-refractivity contribution in [1.29, 1.82) is 0 Å². The Balaban J connectivity index is 2.25. The lowest BCUT2D eigenvalue weighted by atomic mass is 10.1. The number of halogens is 1. The van der Waals surface area contributed by atoms with E-state index < -0.39 is 15.2 Å². The number of nitrogens with zero attached hydrogens (tertiary/aromatic N) is 1. The first-order chi connectivity index (χ1) is 8.89. The largest absolute Gasteiger partial charge is 0.398 e. The van der Waals surface area contributed by atoms with Crippen LogP contribution in [0.5, 0.6) is 0 Å². The van der Waals surface area contributed by atoms with Crippen LogP contribution in [-0.4, -0.2) is 43.0 Å². The summed E-state index contributed by atoms with van der Waals surface area (Å²) >= 11 is 1.61. The number of hydrogen-bond acceptors (Lipinski definition) is 5. The fourth-order valence-corrected chi connectivity index (χ4v) is 5.08. The molecule has 106 valence electrons. The Kier molecular flexibility index (Phi) is 4.37. The van der Waals surface area contributed by atoms with Gasteiger partial charge in [-0.05, 0) is 12.1 Å². The molecular weight excluding hydrogens is 287 g/mol. The van der Waals surface area contributed by atoms with Crippen molar-refractivity contribution in [3.05, 3.63) is 29.6 Å². The van der Waals surface area contributed by atoms with Crippen molar-refractivity contribution in [3.8, 4) is 0 Å². The molecular formula is C12H17FN2O2S2. The quantitative estimate of drug-likeness (QED) is 0.854. The van der Waals surface area contributed by atoms with Gasteiger partial charge in [0.15, 0.2) is 9.84 Å². The van der Waals surface area contributed by atoms with Crippen LogP contribution in [-0.2, 0) is 16.4 Å². The van der Waals surface area contributed by atoms with Crippen molar-refractivity contribution in [2.75, 3.05) is 30.0 Å². The van der Waals surface area contributed by atoms with E-state index in [0.717, 1.165) is 5.75 Å². The highest BCUT2D eigenvalue weighted by atomic mass is 32.2. The third-order valence-corrected chi connectivity index (χ3v) is 5.89. The average molecular weight is 304 g/mol. The Bertz CT molecular complexity index is 543. The van der Waals surface area contributed by atoms with Gasteiger partial charge in [-0.25, -0.2) is 12.8 Å². The van der Waals surface area contributed by atoms with E-state index in [9.17, 15) is 12.8 Å². The summed E-state index contributed by atoms with van der Waals surface area (Å²) in [5, 5.41) is -0.565. The van der Waals surface area contributed by atoms with Gasteiger partial charge >= 0.3 is 0 Å². The van der Waals surface area contributed by atoms with E-state index in [4.69, 9.17) is 5.73 Å². The minimum atomic E-state index is -3.18. The van der Waals surface area contributed by atoms with Crippen LogP contribution in [0.4, 0.5) is 10.1 Å². The van der Waals surface area contributed by atoms with Crippen LogP contribution in [0.15, 0.2) is 18.2 Å². The first-order valence-corrected chi connectivity index (χ1v) is 9.04. The molecule has 2 N–H and O–H groups in total. The van der Waals surface area contributed by atoms with E-state index in [1.165, 1.54) is 12.3 Å². The first kappa shape index (κ1) is 14.6. The normalized spacial score (nSPS) is 21.5. The molecule has 1 unspecified atom stereocenters. The van der Waals surface area contributed by atoms with Gasteiger partial charge in [0, 0.05) is 42.1 Å². The lowest BCUT2D eigenvalue weighted by Gasteiger charge is -2.34. The van der Waals surface area contributed by atoms with E-state index in [-0.39, 0.29) is 12.4 Å². The highest BCUT2D eigenvalue weighted by Crippen LogP contribution is 2.25. The molecule has 1 heterocycles. The van der Waals surface area contributed by atoms with Gasteiger partial charge in [-0.15, -0.1) is 0 Å². The lowest BCUT2D eigenvalue weighted by molar-refractivity contribution is 0.259. The van der Waals surface area contributed by atoms with Gasteiger partial charge in [0.2, 0.25) is 0 Å². The summed E-state index contributed by atoms with van der Waals surface area (Å²) < 4.78 is 37.3. The van der Waals surface area contributed by atoms with Crippen LogP contribution in [0.3, 0.4) is 0 Å². The molecule has 1 fully saturated rings. The molecule has 1 aliphatic heterocycles. The molecule has 4 nitrogen and oxygen atoms in total. The Morgan fingerprint density at radius 2 is 2.26 bits per heavy atom. The molecule has 0 amide bonds. The van der Waals surface area contributed by atoms with Crippen molar-refractivity contribution >= 4 is 27.3 Å². The summed E-state index contributed by atoms with van der Waals surface area (Å²) in [6.07, 6.45) is 1.22. The predicted octanol–water partition coefficient (Wildman–Crippen LogP) is 1.33. The molecule has 0 aliphatic carbocycles. The number of sulfone groups is 1. The standard InChI is InChI=1S/C12H17FN2O2S2/c1-19(16,17)12-8-18-6-5-15(12)7-9-10(13)3-2-4-11(9)14/h2-4,12H,5-8,14H2,1H3. The van der Waals surface area contributed by atoms with Crippen molar-refractivity contribution in [1.82, 2.24) is 4.90 Å². The third kappa shape index (κ3) is 3.40. The monoisotopic (exact) mass is 304 g/mol. The summed E-state index contributed by atoms with van der Waals surface area (Å²) in [5.41, 5.74) is 6.52. The summed E-state index contributed by atoms with van der Waals surface area (Å²) in [5.74, 6) is 0.985. The number of hydrogen-bond donors (Lipinski definition) is 1. The maximum atomic E-state index is 13.8. The Morgan fingerprint density at radius 1 is 1.53 bits per heavy atom. The predicted molar refractivity (Wildman–Crippen MR) is 77.2 cm³/mol. The average Bonchev–Trinajstić information content (AvgIpc) is 2.33. The Labute approximate surface area is 117 Å². The lowest BCUT2D eigenvalue weighted by Crippen LogP contribution is -2.46. The fraction of sp³-hybridized carbons (Fsp3) is 0.500. The molecule has 2 rings (SSSR count). The van der Waals surface area contributed by atoms with E-state index >= 15 is 0 Å². The first-order valence-electron chi connectivity index (χ1n) is 5.93. The molecule has 0 spiro atoms. The molecule has 19 heavy (non-hydrogen) atoms. The van der Waals surface area contributed by atoms with Crippen molar-refractivity contribution in [3.63, 3.8) is 0 Å². The molecule has 0 aromatic heterocycles. The molecule has 1 aromatic rings. The van der Waals surface area contributed by atoms with Gasteiger partial charge in [-0.3, -0.25) is 4.90 Å². The van der Waals surface area contributed by atoms with Gasteiger partial charge in [-0.1, -0.05) is 6.07 Å². The summed E-state index contributed by atoms with van der Waals surface area (Å²) in [7, 11) is -3.18. The van der Waals surface area contributed by atoms with Crippen LogP contribution in [0, 0.1) is 5.82 Å². The number of nitrogens with two attached hydrogens (primary N) is 1. The van der Waals surface area contributed by atoms with Gasteiger partial charge < -0.3 is 5.73 Å². The maximum Gasteiger partial charge on any atom is 0.164 e. The second kappa shape index (κ2) is 5.68. The minimum absolute atomic E-state index is 0.233. The molecule has 1 saturated heterocycles. The fourth-order valence-electron chi connectivity index (χ4n) is 2.14. The Morgan fingerprint density at radius 3 is 2.89 bits per heavy atom. The third-order valence-electron chi connectivity index (χ3n) is 3.20. The van der Waals surface area contributed by atoms with E-state index in [0.29, 0.717) is 23.5 Å². The van der Waals surface area contributed by atoms with Gasteiger partial charge in [0.25, 0.3) is 0 Å².